The Labute approximate surface area is 371 Å². The molecule has 1 amide bonds. The largest absolute Gasteiger partial charge is 0.481 e. The number of alkyl halides is 3. The lowest BCUT2D eigenvalue weighted by molar-refractivity contribution is -0.224. The van der Waals surface area contributed by atoms with Crippen LogP contribution in [0.3, 0.4) is 0 Å². The number of allylic oxidation sites excluding steroid dienone is 1. The summed E-state index contributed by atoms with van der Waals surface area (Å²) in [5.41, 5.74) is 1.19. The second-order valence-corrected chi connectivity index (χ2v) is 22.3. The number of fused-ring (bicyclic) bond motifs is 1. The first-order valence-electron chi connectivity index (χ1n) is 22.7. The zero-order valence-electron chi connectivity index (χ0n) is 38.5. The fraction of sp³-hybridized carbons (Fsp3) is 0.717. The lowest BCUT2D eigenvalue weighted by Gasteiger charge is -2.61. The van der Waals surface area contributed by atoms with Crippen LogP contribution in [0.1, 0.15) is 116 Å². The van der Waals surface area contributed by atoms with Gasteiger partial charge in [-0.05, 0) is 96.9 Å². The van der Waals surface area contributed by atoms with Gasteiger partial charge in [-0.25, -0.2) is 28.2 Å². The molecular weight excluding hydrogens is 836 g/mol. The van der Waals surface area contributed by atoms with Gasteiger partial charge < -0.3 is 28.9 Å². The lowest BCUT2D eigenvalue weighted by Crippen LogP contribution is -2.69. The number of carbonyl (C=O) groups is 1. The van der Waals surface area contributed by atoms with Gasteiger partial charge in [0, 0.05) is 86.0 Å². The molecule has 17 heteroatoms. The summed E-state index contributed by atoms with van der Waals surface area (Å²) < 4.78 is 84.9. The van der Waals surface area contributed by atoms with Crippen molar-refractivity contribution in [1.82, 2.24) is 29.8 Å². The monoisotopic (exact) mass is 903 g/mol. The second-order valence-electron chi connectivity index (χ2n) is 20.0. The predicted octanol–water partition coefficient (Wildman–Crippen LogP) is 7.90. The van der Waals surface area contributed by atoms with Gasteiger partial charge in [-0.15, -0.1) is 0 Å². The van der Waals surface area contributed by atoms with Gasteiger partial charge in [0.25, 0.3) is 0 Å². The van der Waals surface area contributed by atoms with Crippen LogP contribution < -0.4 is 9.64 Å². The number of benzene rings is 1. The molecule has 13 nitrogen and oxygen atoms in total. The summed E-state index contributed by atoms with van der Waals surface area (Å²) in [7, 11) is -1.12. The molecule has 1 spiro atoms. The number of carbonyl (C=O) groups excluding carboxylic acids is 1. The van der Waals surface area contributed by atoms with Crippen molar-refractivity contribution in [2.45, 2.75) is 128 Å². The summed E-state index contributed by atoms with van der Waals surface area (Å²) in [6, 6.07) is 1.75. The van der Waals surface area contributed by atoms with Crippen LogP contribution >= 0.6 is 0 Å². The molecule has 0 radical (unpaired) electrons. The maximum Gasteiger partial charge on any atom is 0.422 e. The Morgan fingerprint density at radius 3 is 2.29 bits per heavy atom. The molecule has 2 aromatic rings. The highest BCUT2D eigenvalue weighted by Crippen LogP contribution is 2.52. The normalized spacial score (nSPS) is 23.9. The molecule has 0 aliphatic carbocycles. The van der Waals surface area contributed by atoms with E-state index in [0.717, 1.165) is 44.2 Å². The number of piperidine rings is 2. The van der Waals surface area contributed by atoms with E-state index in [1.165, 1.54) is 6.26 Å². The summed E-state index contributed by atoms with van der Waals surface area (Å²) in [6.07, 6.45) is 6.71. The quantitative estimate of drug-likeness (QED) is 0.206. The minimum absolute atomic E-state index is 0.0582. The molecule has 2 unspecified atom stereocenters. The maximum absolute atomic E-state index is 14.4. The van der Waals surface area contributed by atoms with Crippen LogP contribution in [0.25, 0.3) is 17.0 Å². The molecule has 2 atom stereocenters. The van der Waals surface area contributed by atoms with E-state index >= 15 is 0 Å². The van der Waals surface area contributed by atoms with E-state index < -0.39 is 33.6 Å². The van der Waals surface area contributed by atoms with Crippen LogP contribution in [0.15, 0.2) is 24.4 Å². The Kier molecular flexibility index (Phi) is 13.5. The van der Waals surface area contributed by atoms with E-state index in [2.05, 4.69) is 53.2 Å². The molecule has 350 valence electrons. The Morgan fingerprint density at radius 2 is 1.71 bits per heavy atom. The number of halogens is 3. The van der Waals surface area contributed by atoms with Gasteiger partial charge in [-0.1, -0.05) is 39.5 Å². The third kappa shape index (κ3) is 10.3. The van der Waals surface area contributed by atoms with E-state index in [4.69, 9.17) is 24.2 Å². The number of hydrogen-bond donors (Lipinski definition) is 0. The second kappa shape index (κ2) is 18.0. The van der Waals surface area contributed by atoms with E-state index in [9.17, 15) is 26.4 Å². The summed E-state index contributed by atoms with van der Waals surface area (Å²) in [6.45, 7) is 19.3. The van der Waals surface area contributed by atoms with Crippen molar-refractivity contribution in [1.29, 1.82) is 0 Å². The average Bonchev–Trinajstić information content (AvgIpc) is 3.19. The Balaban J connectivity index is 1.30. The standard InChI is InChI=1S/C46H68F3N7O6S/c1-10-14-34-39(52(8)56(34)35-15-12-13-25-60-35)44(6,7)36-31(11-2)27-33-37(38(36)61-30-46(47,48)49)50-40(32-16-20-53(21-17-32)24-26-63(9,58)59)51-41(33)54-22-18-45(19-23-54)28-55(29-45)42(57)62-43(3,4)5/h11,14,27,32,35,39H,2,10,12-13,15-26,28-30H2,1,3-9H3/b34-14+. The van der Waals surface area contributed by atoms with Gasteiger partial charge in [0.2, 0.25) is 0 Å². The van der Waals surface area contributed by atoms with Crippen molar-refractivity contribution in [2.24, 2.45) is 5.41 Å². The molecule has 6 heterocycles. The maximum atomic E-state index is 14.4. The zero-order valence-corrected chi connectivity index (χ0v) is 39.3. The van der Waals surface area contributed by atoms with Crippen molar-refractivity contribution >= 4 is 38.7 Å². The van der Waals surface area contributed by atoms with Gasteiger partial charge in [0.15, 0.2) is 12.4 Å². The molecule has 1 aromatic heterocycles. The number of likely N-dealkylation sites (N-methyl/N-ethyl adjacent to an activating group) is 1. The topological polar surface area (TPSA) is 121 Å². The third-order valence-electron chi connectivity index (χ3n) is 13.6. The molecule has 5 saturated heterocycles. The average molecular weight is 904 g/mol. The van der Waals surface area contributed by atoms with E-state index in [-0.39, 0.29) is 41.2 Å². The zero-order chi connectivity index (χ0) is 45.7. The molecule has 5 aliphatic rings. The number of amides is 1. The fourth-order valence-electron chi connectivity index (χ4n) is 10.5. The highest BCUT2D eigenvalue weighted by atomic mass is 32.2. The minimum Gasteiger partial charge on any atom is -0.481 e. The Hall–Kier alpha value is -3.67. The van der Waals surface area contributed by atoms with E-state index in [0.29, 0.717) is 98.9 Å². The number of hydrogen-bond acceptors (Lipinski definition) is 12. The number of nitrogens with zero attached hydrogens (tertiary/aromatic N) is 7. The number of rotatable bonds is 12. The number of likely N-dealkylation sites (tertiary alicyclic amines) is 2. The van der Waals surface area contributed by atoms with Gasteiger partial charge in [-0.2, -0.15) is 13.2 Å². The molecule has 0 saturated carbocycles. The lowest BCUT2D eigenvalue weighted by atomic mass is 9.71. The van der Waals surface area contributed by atoms with E-state index in [1.54, 1.807) is 11.0 Å². The van der Waals surface area contributed by atoms with E-state index in [1.807, 2.05) is 33.9 Å². The molecular formula is C46H68F3N7O6S. The number of sulfone groups is 1. The van der Waals surface area contributed by atoms with Crippen LogP contribution in [0.2, 0.25) is 0 Å². The van der Waals surface area contributed by atoms with Crippen LogP contribution in [-0.4, -0.2) is 146 Å². The van der Waals surface area contributed by atoms with Crippen molar-refractivity contribution < 1.29 is 40.6 Å². The number of ether oxygens (including phenoxy) is 3. The van der Waals surface area contributed by atoms with Crippen LogP contribution in [0.4, 0.5) is 23.8 Å². The number of hydrazine groups is 1. The highest BCUT2D eigenvalue weighted by molar-refractivity contribution is 7.90. The number of aromatic nitrogens is 2. The third-order valence-corrected chi connectivity index (χ3v) is 14.5. The molecule has 5 aliphatic heterocycles. The first kappa shape index (κ1) is 47.3. The van der Waals surface area contributed by atoms with Crippen LogP contribution in [0.5, 0.6) is 5.75 Å². The van der Waals surface area contributed by atoms with Crippen molar-refractivity contribution in [3.05, 3.63) is 41.4 Å². The molecule has 7 rings (SSSR count). The Bertz CT molecular complexity index is 2150. The molecule has 0 bridgehead atoms. The molecule has 0 N–H and O–H groups in total. The van der Waals surface area contributed by atoms with Crippen molar-refractivity contribution in [3.8, 4) is 5.75 Å². The first-order chi connectivity index (χ1) is 29.5. The van der Waals surface area contributed by atoms with Gasteiger partial charge in [0.05, 0.1) is 11.8 Å². The SMILES string of the molecule is C=Cc1cc2c(N3CCC4(CC3)CN(C(=O)OC(C)(C)C)C4)nc(C3CCN(CCS(C)(=O)=O)CC3)nc2c(OCC(F)(F)F)c1C(C)(C)C1/C(=C\CC)N(C2CCCCO2)N1C. The number of anilines is 1. The predicted molar refractivity (Wildman–Crippen MR) is 239 cm³/mol. The summed E-state index contributed by atoms with van der Waals surface area (Å²) in [5.74, 6) is 1.23. The molecule has 1 aromatic carbocycles. The fourth-order valence-corrected chi connectivity index (χ4v) is 11.1. The highest BCUT2D eigenvalue weighted by Gasteiger charge is 2.53. The molecule has 5 fully saturated rings. The smallest absolute Gasteiger partial charge is 0.422 e. The van der Waals surface area contributed by atoms with Gasteiger partial charge >= 0.3 is 12.3 Å². The van der Waals surface area contributed by atoms with Gasteiger partial charge in [0.1, 0.15) is 38.8 Å². The van der Waals surface area contributed by atoms with Crippen LogP contribution in [0, 0.1) is 5.41 Å². The van der Waals surface area contributed by atoms with Crippen molar-refractivity contribution in [2.75, 3.05) is 83.0 Å². The Morgan fingerprint density at radius 1 is 1.03 bits per heavy atom. The minimum atomic E-state index is -4.62. The summed E-state index contributed by atoms with van der Waals surface area (Å²) >= 11 is 0. The van der Waals surface area contributed by atoms with Crippen LogP contribution in [-0.2, 0) is 24.7 Å². The van der Waals surface area contributed by atoms with Gasteiger partial charge in [-0.3, -0.25) is 5.01 Å². The molecule has 63 heavy (non-hydrogen) atoms. The van der Waals surface area contributed by atoms with Crippen molar-refractivity contribution in [3.63, 3.8) is 0 Å². The summed E-state index contributed by atoms with van der Waals surface area (Å²) in [4.78, 5) is 29.5. The first-order valence-corrected chi connectivity index (χ1v) is 24.8. The summed E-state index contributed by atoms with van der Waals surface area (Å²) in [5, 5.41) is 4.95.